The molecule has 3 unspecified atom stereocenters. The number of nitrogens with one attached hydrogen (secondary N) is 1. The Morgan fingerprint density at radius 2 is 1.81 bits per heavy atom. The maximum absolute atomic E-state index is 11.1. The van der Waals surface area contributed by atoms with E-state index in [0.717, 1.165) is 12.2 Å². The first kappa shape index (κ1) is 13.4. The third-order valence-corrected chi connectivity index (χ3v) is 3.41. The van der Waals surface area contributed by atoms with E-state index in [2.05, 4.69) is 43.4 Å². The Balaban J connectivity index is 2.36. The molecule has 0 saturated carbocycles. The molecule has 1 N–H and O–H groups in total. The van der Waals surface area contributed by atoms with E-state index in [9.17, 15) is 4.21 Å². The summed E-state index contributed by atoms with van der Waals surface area (Å²) in [6, 6.07) is 11.2. The first-order chi connectivity index (χ1) is 7.58. The maximum Gasteiger partial charge on any atom is 0.0383 e. The van der Waals surface area contributed by atoms with Crippen molar-refractivity contribution in [1.82, 2.24) is 5.32 Å². The molecule has 16 heavy (non-hydrogen) atoms. The van der Waals surface area contributed by atoms with Crippen LogP contribution in [0.15, 0.2) is 30.3 Å². The van der Waals surface area contributed by atoms with Gasteiger partial charge in [0.2, 0.25) is 0 Å². The van der Waals surface area contributed by atoms with E-state index in [1.54, 1.807) is 6.26 Å². The Kier molecular flexibility index (Phi) is 5.71. The number of benzene rings is 1. The van der Waals surface area contributed by atoms with E-state index < -0.39 is 10.8 Å². The van der Waals surface area contributed by atoms with Crippen LogP contribution in [-0.2, 0) is 17.2 Å². The van der Waals surface area contributed by atoms with Gasteiger partial charge in [0.05, 0.1) is 0 Å². The van der Waals surface area contributed by atoms with Gasteiger partial charge in [0.1, 0.15) is 0 Å². The van der Waals surface area contributed by atoms with Crippen LogP contribution >= 0.6 is 0 Å². The van der Waals surface area contributed by atoms with Gasteiger partial charge in [-0.25, -0.2) is 0 Å². The molecule has 1 rings (SSSR count). The zero-order chi connectivity index (χ0) is 12.0. The molecule has 3 atom stereocenters. The molecule has 0 saturated heterocycles. The highest BCUT2D eigenvalue weighted by atomic mass is 32.2. The number of rotatable bonds is 6. The highest BCUT2D eigenvalue weighted by Crippen LogP contribution is 2.03. The van der Waals surface area contributed by atoms with Gasteiger partial charge in [-0.2, -0.15) is 0 Å². The molecule has 3 heteroatoms. The van der Waals surface area contributed by atoms with E-state index in [4.69, 9.17) is 0 Å². The first-order valence-electron chi connectivity index (χ1n) is 5.68. The number of hydrogen-bond acceptors (Lipinski definition) is 2. The summed E-state index contributed by atoms with van der Waals surface area (Å²) in [6.07, 6.45) is 2.77. The van der Waals surface area contributed by atoms with Crippen molar-refractivity contribution in [3.05, 3.63) is 35.9 Å². The van der Waals surface area contributed by atoms with Gasteiger partial charge in [-0.1, -0.05) is 30.3 Å². The molecule has 1 aromatic rings. The summed E-state index contributed by atoms with van der Waals surface area (Å²) >= 11 is 0. The van der Waals surface area contributed by atoms with Gasteiger partial charge in [-0.15, -0.1) is 0 Å². The Morgan fingerprint density at radius 3 is 2.38 bits per heavy atom. The average molecular weight is 239 g/mol. The zero-order valence-corrected chi connectivity index (χ0v) is 11.1. The fourth-order valence-electron chi connectivity index (χ4n) is 1.91. The molecule has 0 aliphatic heterocycles. The van der Waals surface area contributed by atoms with Crippen LogP contribution in [0, 0.1) is 0 Å². The molecule has 90 valence electrons. The van der Waals surface area contributed by atoms with E-state index in [0.29, 0.717) is 12.1 Å². The summed E-state index contributed by atoms with van der Waals surface area (Å²) in [4.78, 5) is 0. The molecule has 0 bridgehead atoms. The summed E-state index contributed by atoms with van der Waals surface area (Å²) in [7, 11) is -0.721. The second kappa shape index (κ2) is 6.81. The highest BCUT2D eigenvalue weighted by molar-refractivity contribution is 7.84. The van der Waals surface area contributed by atoms with Crippen molar-refractivity contribution in [1.29, 1.82) is 0 Å². The summed E-state index contributed by atoms with van der Waals surface area (Å²) < 4.78 is 11.1. The molecule has 0 aromatic heterocycles. The summed E-state index contributed by atoms with van der Waals surface area (Å²) in [5.41, 5.74) is 1.34. The molecular weight excluding hydrogens is 218 g/mol. The fourth-order valence-corrected chi connectivity index (χ4v) is 2.71. The second-order valence-corrected chi connectivity index (χ2v) is 5.88. The van der Waals surface area contributed by atoms with Crippen LogP contribution < -0.4 is 5.32 Å². The molecular formula is C13H21NOS. The molecule has 1 aromatic carbocycles. The smallest absolute Gasteiger partial charge is 0.0383 e. The first-order valence-corrected chi connectivity index (χ1v) is 7.40. The molecule has 0 spiro atoms. The summed E-state index contributed by atoms with van der Waals surface area (Å²) in [5, 5.41) is 3.47. The molecule has 0 radical (unpaired) electrons. The second-order valence-electron chi connectivity index (χ2n) is 4.40. The number of hydrogen-bond donors (Lipinski definition) is 1. The Bertz CT molecular complexity index is 326. The minimum absolute atomic E-state index is 0.310. The predicted octanol–water partition coefficient (Wildman–Crippen LogP) is 1.97. The maximum atomic E-state index is 11.1. The largest absolute Gasteiger partial charge is 0.311 e. The molecule has 0 aliphatic rings. The molecule has 2 nitrogen and oxygen atoms in total. The van der Waals surface area contributed by atoms with Crippen molar-refractivity contribution < 1.29 is 4.21 Å². The summed E-state index contributed by atoms with van der Waals surface area (Å²) in [6.45, 7) is 4.25. The van der Waals surface area contributed by atoms with Gasteiger partial charge in [0, 0.05) is 34.9 Å². The van der Waals surface area contributed by atoms with Crippen molar-refractivity contribution in [2.45, 2.75) is 32.4 Å². The van der Waals surface area contributed by atoms with Crippen molar-refractivity contribution >= 4 is 10.8 Å². The van der Waals surface area contributed by atoms with E-state index in [-0.39, 0.29) is 0 Å². The van der Waals surface area contributed by atoms with Crippen LogP contribution in [0.1, 0.15) is 19.4 Å². The molecule has 0 amide bonds. The fraction of sp³-hybridized carbons (Fsp3) is 0.538. The van der Waals surface area contributed by atoms with E-state index in [1.807, 2.05) is 6.07 Å². The van der Waals surface area contributed by atoms with E-state index >= 15 is 0 Å². The highest BCUT2D eigenvalue weighted by Gasteiger charge is 2.09. The lowest BCUT2D eigenvalue weighted by Crippen LogP contribution is -2.38. The lowest BCUT2D eigenvalue weighted by molar-refractivity contribution is 0.489. The standard InChI is InChI=1S/C13H21NOS/c1-11(14-12(2)10-16(3)15)9-13-7-5-4-6-8-13/h4-8,11-12,14H,9-10H2,1-3H3. The lowest BCUT2D eigenvalue weighted by Gasteiger charge is -2.19. The Hall–Kier alpha value is -0.670. The lowest BCUT2D eigenvalue weighted by atomic mass is 10.1. The van der Waals surface area contributed by atoms with Crippen LogP contribution in [0.3, 0.4) is 0 Å². The van der Waals surface area contributed by atoms with Crippen LogP contribution in [0.4, 0.5) is 0 Å². The molecule has 0 fully saturated rings. The average Bonchev–Trinajstić information content (AvgIpc) is 2.17. The van der Waals surface area contributed by atoms with Crippen molar-refractivity contribution in [3.8, 4) is 0 Å². The molecule has 0 heterocycles. The van der Waals surface area contributed by atoms with Crippen LogP contribution in [-0.4, -0.2) is 28.3 Å². The quantitative estimate of drug-likeness (QED) is 0.822. The van der Waals surface area contributed by atoms with Gasteiger partial charge >= 0.3 is 0 Å². The van der Waals surface area contributed by atoms with Crippen molar-refractivity contribution in [2.75, 3.05) is 12.0 Å². The zero-order valence-electron chi connectivity index (χ0n) is 10.3. The predicted molar refractivity (Wildman–Crippen MR) is 71.1 cm³/mol. The Labute approximate surface area is 101 Å². The monoisotopic (exact) mass is 239 g/mol. The normalized spacial score (nSPS) is 16.7. The van der Waals surface area contributed by atoms with Gasteiger partial charge in [0.25, 0.3) is 0 Å². The Morgan fingerprint density at radius 1 is 1.19 bits per heavy atom. The molecule has 0 aliphatic carbocycles. The van der Waals surface area contributed by atoms with Crippen LogP contribution in [0.2, 0.25) is 0 Å². The van der Waals surface area contributed by atoms with Crippen LogP contribution in [0.25, 0.3) is 0 Å². The minimum atomic E-state index is -0.721. The SMILES string of the molecule is CC(Cc1ccccc1)NC(C)CS(C)=O. The van der Waals surface area contributed by atoms with Gasteiger partial charge < -0.3 is 5.32 Å². The van der Waals surface area contributed by atoms with Crippen LogP contribution in [0.5, 0.6) is 0 Å². The van der Waals surface area contributed by atoms with Gasteiger partial charge in [-0.05, 0) is 25.8 Å². The third kappa shape index (κ3) is 5.42. The van der Waals surface area contributed by atoms with Crippen molar-refractivity contribution in [3.63, 3.8) is 0 Å². The van der Waals surface area contributed by atoms with E-state index in [1.165, 1.54) is 5.56 Å². The topological polar surface area (TPSA) is 29.1 Å². The van der Waals surface area contributed by atoms with Gasteiger partial charge in [0.15, 0.2) is 0 Å². The van der Waals surface area contributed by atoms with Gasteiger partial charge in [-0.3, -0.25) is 4.21 Å². The van der Waals surface area contributed by atoms with Crippen molar-refractivity contribution in [2.24, 2.45) is 0 Å². The third-order valence-electron chi connectivity index (χ3n) is 2.44. The summed E-state index contributed by atoms with van der Waals surface area (Å²) in [5.74, 6) is 0.721. The minimum Gasteiger partial charge on any atom is -0.311 e.